The summed E-state index contributed by atoms with van der Waals surface area (Å²) < 4.78 is 35.5. The molecule has 1 aromatic carbocycles. The largest absolute Gasteiger partial charge is 0.478 e. The van der Waals surface area contributed by atoms with Gasteiger partial charge in [0, 0.05) is 18.0 Å². The van der Waals surface area contributed by atoms with E-state index in [1.165, 1.54) is 13.0 Å². The monoisotopic (exact) mass is 318 g/mol. The van der Waals surface area contributed by atoms with E-state index < -0.39 is 39.3 Å². The van der Waals surface area contributed by atoms with Gasteiger partial charge in [-0.1, -0.05) is 0 Å². The first-order valence-electron chi connectivity index (χ1n) is 5.86. The van der Waals surface area contributed by atoms with Crippen LogP contribution in [0.1, 0.15) is 17.3 Å². The Balaban J connectivity index is 2.67. The normalized spacial score (nSPS) is 12.5. The summed E-state index contributed by atoms with van der Waals surface area (Å²) in [6.07, 6.45) is 1.04. The second kappa shape index (κ2) is 6.53. The molecule has 0 aromatic heterocycles. The van der Waals surface area contributed by atoms with E-state index in [1.807, 2.05) is 0 Å². The Labute approximate surface area is 121 Å². The number of carbonyl (C=O) groups excluding carboxylic acids is 1. The maximum absolute atomic E-state index is 13.4. The van der Waals surface area contributed by atoms with Crippen LogP contribution in [0.4, 0.5) is 14.9 Å². The smallest absolute Gasteiger partial charge is 0.338 e. The molecule has 0 aliphatic rings. The highest BCUT2D eigenvalue weighted by Gasteiger charge is 2.14. The second-order valence-corrected chi connectivity index (χ2v) is 6.78. The molecule has 1 aromatic rings. The standard InChI is InChI=1S/C12H15FN2O5S/c1-7(6-21(2,19)20)14-12(18)15-8-3-4-9(11(16)17)10(13)5-8/h3-5,7H,6H2,1-2H3,(H,16,17)(H2,14,15,18). The predicted octanol–water partition coefficient (Wildman–Crippen LogP) is 1.08. The Morgan fingerprint density at radius 3 is 2.48 bits per heavy atom. The summed E-state index contributed by atoms with van der Waals surface area (Å²) in [6, 6.07) is 1.78. The Bertz CT molecular complexity index is 660. The molecule has 1 atom stereocenters. The quantitative estimate of drug-likeness (QED) is 0.752. The van der Waals surface area contributed by atoms with Gasteiger partial charge >= 0.3 is 12.0 Å². The number of benzene rings is 1. The fraction of sp³-hybridized carbons (Fsp3) is 0.333. The van der Waals surface area contributed by atoms with E-state index in [2.05, 4.69) is 10.6 Å². The lowest BCUT2D eigenvalue weighted by atomic mass is 10.2. The van der Waals surface area contributed by atoms with Gasteiger partial charge in [0.15, 0.2) is 0 Å². The number of carboxylic acid groups (broad SMARTS) is 1. The van der Waals surface area contributed by atoms with Crippen molar-refractivity contribution in [1.82, 2.24) is 5.32 Å². The topological polar surface area (TPSA) is 113 Å². The third-order valence-electron chi connectivity index (χ3n) is 2.39. The number of anilines is 1. The SMILES string of the molecule is CC(CS(C)(=O)=O)NC(=O)Nc1ccc(C(=O)O)c(F)c1. The Hall–Kier alpha value is -2.16. The van der Waals surface area contributed by atoms with Gasteiger partial charge in [-0.25, -0.2) is 22.4 Å². The van der Waals surface area contributed by atoms with Crippen molar-refractivity contribution in [1.29, 1.82) is 0 Å². The number of nitrogens with one attached hydrogen (secondary N) is 2. The molecule has 0 heterocycles. The maximum Gasteiger partial charge on any atom is 0.338 e. The number of halogens is 1. The summed E-state index contributed by atoms with van der Waals surface area (Å²) in [5.74, 6) is -2.62. The number of sulfone groups is 1. The van der Waals surface area contributed by atoms with Crippen LogP contribution in [0.25, 0.3) is 0 Å². The van der Waals surface area contributed by atoms with Gasteiger partial charge in [0.05, 0.1) is 11.3 Å². The number of hydrogen-bond acceptors (Lipinski definition) is 4. The van der Waals surface area contributed by atoms with Crippen molar-refractivity contribution >= 4 is 27.5 Å². The molecule has 0 aliphatic heterocycles. The minimum atomic E-state index is -3.23. The minimum absolute atomic E-state index is 0.0570. The lowest BCUT2D eigenvalue weighted by Crippen LogP contribution is -2.39. The Morgan fingerprint density at radius 1 is 1.38 bits per heavy atom. The molecule has 116 valence electrons. The summed E-state index contributed by atoms with van der Waals surface area (Å²) in [5.41, 5.74) is -0.451. The number of amides is 2. The van der Waals surface area contributed by atoms with Gasteiger partial charge in [-0.15, -0.1) is 0 Å². The van der Waals surface area contributed by atoms with Gasteiger partial charge < -0.3 is 15.7 Å². The molecule has 21 heavy (non-hydrogen) atoms. The Kier molecular flexibility index (Phi) is 5.25. The van der Waals surface area contributed by atoms with Crippen LogP contribution in [0.15, 0.2) is 18.2 Å². The highest BCUT2D eigenvalue weighted by atomic mass is 32.2. The molecule has 7 nitrogen and oxygen atoms in total. The van der Waals surface area contributed by atoms with Crippen LogP contribution in [-0.2, 0) is 9.84 Å². The van der Waals surface area contributed by atoms with Crippen molar-refractivity contribution in [3.8, 4) is 0 Å². The van der Waals surface area contributed by atoms with E-state index in [4.69, 9.17) is 5.11 Å². The van der Waals surface area contributed by atoms with Crippen molar-refractivity contribution < 1.29 is 27.5 Å². The fourth-order valence-electron chi connectivity index (χ4n) is 1.65. The minimum Gasteiger partial charge on any atom is -0.478 e. The molecule has 0 fully saturated rings. The van der Waals surface area contributed by atoms with E-state index in [0.717, 1.165) is 18.4 Å². The van der Waals surface area contributed by atoms with Crippen LogP contribution in [0.3, 0.4) is 0 Å². The summed E-state index contributed by atoms with van der Waals surface area (Å²) in [7, 11) is -3.23. The van der Waals surface area contributed by atoms with E-state index >= 15 is 0 Å². The number of urea groups is 1. The zero-order chi connectivity index (χ0) is 16.2. The molecule has 0 saturated carbocycles. The van der Waals surface area contributed by atoms with Crippen LogP contribution < -0.4 is 10.6 Å². The number of rotatable bonds is 5. The maximum atomic E-state index is 13.4. The summed E-state index contributed by atoms with van der Waals surface area (Å²) in [4.78, 5) is 22.2. The first-order chi connectivity index (χ1) is 9.58. The number of carbonyl (C=O) groups is 2. The molecule has 1 unspecified atom stereocenters. The van der Waals surface area contributed by atoms with Gasteiger partial charge in [-0.3, -0.25) is 0 Å². The van der Waals surface area contributed by atoms with Gasteiger partial charge in [0.1, 0.15) is 15.7 Å². The van der Waals surface area contributed by atoms with Crippen LogP contribution in [0.5, 0.6) is 0 Å². The predicted molar refractivity (Wildman–Crippen MR) is 74.7 cm³/mol. The molecule has 0 spiro atoms. The first-order valence-corrected chi connectivity index (χ1v) is 7.92. The molecule has 0 saturated heterocycles. The van der Waals surface area contributed by atoms with E-state index in [1.54, 1.807) is 0 Å². The molecule has 1 rings (SSSR count). The molecule has 2 amide bonds. The summed E-state index contributed by atoms with van der Waals surface area (Å²) >= 11 is 0. The molecule has 0 bridgehead atoms. The lowest BCUT2D eigenvalue weighted by Gasteiger charge is -2.13. The third kappa shape index (κ3) is 5.78. The molecule has 0 radical (unpaired) electrons. The van der Waals surface area contributed by atoms with Crippen LogP contribution in [0, 0.1) is 5.82 Å². The number of hydrogen-bond donors (Lipinski definition) is 3. The van der Waals surface area contributed by atoms with Gasteiger partial charge in [-0.2, -0.15) is 0 Å². The van der Waals surface area contributed by atoms with Crippen molar-refractivity contribution in [3.05, 3.63) is 29.6 Å². The van der Waals surface area contributed by atoms with Crippen LogP contribution in [0.2, 0.25) is 0 Å². The molecule has 3 N–H and O–H groups in total. The second-order valence-electron chi connectivity index (χ2n) is 4.59. The van der Waals surface area contributed by atoms with Crippen LogP contribution >= 0.6 is 0 Å². The van der Waals surface area contributed by atoms with E-state index in [-0.39, 0.29) is 11.4 Å². The third-order valence-corrected chi connectivity index (χ3v) is 3.49. The van der Waals surface area contributed by atoms with E-state index in [0.29, 0.717) is 0 Å². The van der Waals surface area contributed by atoms with Gasteiger partial charge in [-0.05, 0) is 25.1 Å². The first kappa shape index (κ1) is 16.9. The summed E-state index contributed by atoms with van der Waals surface area (Å²) in [6.45, 7) is 1.51. The van der Waals surface area contributed by atoms with E-state index in [9.17, 15) is 22.4 Å². The molecule has 9 heteroatoms. The van der Waals surface area contributed by atoms with Crippen molar-refractivity contribution in [2.24, 2.45) is 0 Å². The molecular formula is C12H15FN2O5S. The zero-order valence-electron chi connectivity index (χ0n) is 11.4. The summed E-state index contributed by atoms with van der Waals surface area (Å²) in [5, 5.41) is 13.3. The number of aromatic carboxylic acids is 1. The highest BCUT2D eigenvalue weighted by molar-refractivity contribution is 7.90. The Morgan fingerprint density at radius 2 is 2.00 bits per heavy atom. The van der Waals surface area contributed by atoms with Gasteiger partial charge in [0.2, 0.25) is 0 Å². The van der Waals surface area contributed by atoms with Crippen molar-refractivity contribution in [2.45, 2.75) is 13.0 Å². The average molecular weight is 318 g/mol. The average Bonchev–Trinajstić information content (AvgIpc) is 2.24. The fourth-order valence-corrected chi connectivity index (χ4v) is 2.64. The number of carboxylic acids is 1. The van der Waals surface area contributed by atoms with Crippen molar-refractivity contribution in [2.75, 3.05) is 17.3 Å². The van der Waals surface area contributed by atoms with Crippen LogP contribution in [-0.4, -0.2) is 43.6 Å². The molecular weight excluding hydrogens is 303 g/mol. The molecule has 0 aliphatic carbocycles. The lowest BCUT2D eigenvalue weighted by molar-refractivity contribution is 0.0692. The zero-order valence-corrected chi connectivity index (χ0v) is 12.2. The van der Waals surface area contributed by atoms with Crippen molar-refractivity contribution in [3.63, 3.8) is 0 Å². The highest BCUT2D eigenvalue weighted by Crippen LogP contribution is 2.14. The van der Waals surface area contributed by atoms with Gasteiger partial charge in [0.25, 0.3) is 0 Å².